The Labute approximate surface area is 251 Å². The number of nitrogens with zero attached hydrogens (tertiary/aromatic N) is 3. The van der Waals surface area contributed by atoms with Gasteiger partial charge in [-0.15, -0.1) is 41.5 Å². The zero-order valence-electron chi connectivity index (χ0n) is 23.1. The van der Waals surface area contributed by atoms with Crippen molar-refractivity contribution in [3.05, 3.63) is 156 Å². The largest absolute Gasteiger partial charge is 3.00 e. The van der Waals surface area contributed by atoms with E-state index in [-0.39, 0.29) is 20.1 Å². The van der Waals surface area contributed by atoms with E-state index in [4.69, 9.17) is 0 Å². The first-order valence-corrected chi connectivity index (χ1v) is 13.0. The van der Waals surface area contributed by atoms with Crippen LogP contribution in [0.2, 0.25) is 0 Å². The topological polar surface area (TPSA) is 21.7 Å². The van der Waals surface area contributed by atoms with Crippen LogP contribution < -0.4 is 4.57 Å². The van der Waals surface area contributed by atoms with Crippen LogP contribution in [0.3, 0.4) is 0 Å². The molecule has 4 heteroatoms. The van der Waals surface area contributed by atoms with Crippen LogP contribution in [0.25, 0.3) is 33.8 Å². The maximum atomic E-state index is 4.22. The molecule has 0 saturated heterocycles. The number of rotatable bonds is 4. The summed E-state index contributed by atoms with van der Waals surface area (Å²) >= 11 is 0. The third-order valence-electron chi connectivity index (χ3n) is 6.33. The van der Waals surface area contributed by atoms with E-state index < -0.39 is 0 Å². The number of aromatic nitrogens is 3. The molecular weight excluding hydrogens is 667 g/mol. The molecule has 0 unspecified atom stereocenters. The van der Waals surface area contributed by atoms with Crippen molar-refractivity contribution >= 4 is 0 Å². The number of hydrogen-bond donors (Lipinski definition) is 0. The molecule has 0 spiro atoms. The molecule has 2 aromatic heterocycles. The summed E-state index contributed by atoms with van der Waals surface area (Å²) in [5.74, 6) is 0. The van der Waals surface area contributed by atoms with Gasteiger partial charge in [-0.05, 0) is 57.3 Å². The van der Waals surface area contributed by atoms with Crippen LogP contribution in [-0.4, -0.2) is 9.55 Å². The first-order chi connectivity index (χ1) is 18.9. The summed E-state index contributed by atoms with van der Waals surface area (Å²) in [6, 6.07) is 39.6. The van der Waals surface area contributed by atoms with Crippen LogP contribution in [0.15, 0.2) is 116 Å². The molecule has 6 aromatic rings. The molecule has 2 heterocycles. The molecule has 0 atom stereocenters. The Morgan fingerprint density at radius 2 is 1.40 bits per heavy atom. The van der Waals surface area contributed by atoms with Crippen LogP contribution in [0.5, 0.6) is 0 Å². The van der Waals surface area contributed by atoms with Gasteiger partial charge in [-0.2, -0.15) is 24.3 Å². The minimum atomic E-state index is 0. The molecule has 198 valence electrons. The van der Waals surface area contributed by atoms with Crippen LogP contribution in [-0.2, 0) is 20.1 Å². The molecule has 0 aliphatic carbocycles. The molecule has 0 amide bonds. The summed E-state index contributed by atoms with van der Waals surface area (Å²) < 4.78 is 3.99. The Bertz CT molecular complexity index is 1590. The third kappa shape index (κ3) is 7.29. The average Bonchev–Trinajstić information content (AvgIpc) is 3.44. The number of pyridine rings is 1. The van der Waals surface area contributed by atoms with Crippen molar-refractivity contribution in [1.82, 2.24) is 9.55 Å². The molecular formula is C36H31IrN3+. The number of hydrogen-bond acceptors (Lipinski definition) is 1. The second-order valence-corrected chi connectivity index (χ2v) is 9.81. The van der Waals surface area contributed by atoms with Gasteiger partial charge in [-0.3, -0.25) is 4.57 Å². The predicted octanol–water partition coefficient (Wildman–Crippen LogP) is 7.80. The van der Waals surface area contributed by atoms with E-state index in [1.165, 1.54) is 33.4 Å². The molecule has 0 fully saturated rings. The Balaban J connectivity index is 0.000000238. The molecule has 0 saturated carbocycles. The summed E-state index contributed by atoms with van der Waals surface area (Å²) in [5.41, 5.74) is 11.6. The SMILES string of the molecule is Cc1cc(C)cc(-c2c[c-]c(-[n+]3[c-]n(-c4cc(C)cc(C)c4)cc3)cc2)c1.[Ir+3].[c-]1ccccc1-c1ccccn1. The van der Waals surface area contributed by atoms with E-state index in [0.29, 0.717) is 0 Å². The smallest absolute Gasteiger partial charge is 0.321 e. The molecule has 0 bridgehead atoms. The number of imidazole rings is 1. The van der Waals surface area contributed by atoms with Gasteiger partial charge in [0.25, 0.3) is 6.33 Å². The maximum absolute atomic E-state index is 4.22. The first kappa shape index (κ1) is 28.9. The third-order valence-corrected chi connectivity index (χ3v) is 6.33. The summed E-state index contributed by atoms with van der Waals surface area (Å²) in [4.78, 5) is 4.22. The fourth-order valence-corrected chi connectivity index (χ4v) is 4.65. The predicted molar refractivity (Wildman–Crippen MR) is 158 cm³/mol. The van der Waals surface area contributed by atoms with E-state index in [1.807, 2.05) is 64.0 Å². The molecule has 0 aliphatic rings. The van der Waals surface area contributed by atoms with Gasteiger partial charge in [0, 0.05) is 18.6 Å². The van der Waals surface area contributed by atoms with Gasteiger partial charge >= 0.3 is 20.1 Å². The Morgan fingerprint density at radius 3 is 2.00 bits per heavy atom. The van der Waals surface area contributed by atoms with E-state index in [1.54, 1.807) is 6.20 Å². The van der Waals surface area contributed by atoms with Gasteiger partial charge in [-0.1, -0.05) is 64.2 Å². The zero-order chi connectivity index (χ0) is 27.2. The van der Waals surface area contributed by atoms with Crippen molar-refractivity contribution in [3.8, 4) is 33.8 Å². The Kier molecular flexibility index (Phi) is 9.60. The van der Waals surface area contributed by atoms with Gasteiger partial charge < -0.3 is 9.55 Å². The second-order valence-electron chi connectivity index (χ2n) is 9.81. The number of aryl methyl sites for hydroxylation is 4. The van der Waals surface area contributed by atoms with E-state index in [9.17, 15) is 0 Å². The van der Waals surface area contributed by atoms with Crippen LogP contribution in [0.4, 0.5) is 0 Å². The summed E-state index contributed by atoms with van der Waals surface area (Å²) in [5, 5.41) is 0. The average molecular weight is 698 g/mol. The number of benzene rings is 4. The summed E-state index contributed by atoms with van der Waals surface area (Å²) in [6.07, 6.45) is 9.21. The van der Waals surface area contributed by atoms with Crippen LogP contribution >= 0.6 is 0 Å². The quantitative estimate of drug-likeness (QED) is 0.136. The summed E-state index contributed by atoms with van der Waals surface area (Å²) in [6.45, 7) is 8.51. The molecule has 6 rings (SSSR count). The van der Waals surface area contributed by atoms with Crippen molar-refractivity contribution in [3.63, 3.8) is 0 Å². The van der Waals surface area contributed by atoms with Gasteiger partial charge in [-0.25, -0.2) is 0 Å². The van der Waals surface area contributed by atoms with Crippen molar-refractivity contribution in [2.45, 2.75) is 27.7 Å². The minimum Gasteiger partial charge on any atom is -0.321 e. The van der Waals surface area contributed by atoms with Crippen LogP contribution in [0, 0.1) is 46.2 Å². The standard InChI is InChI=1S/C25H23N2.C11H8N.Ir/c1-18-11-19(2)14-23(13-18)22-5-7-24(8-6-22)26-9-10-27(17-26)25-15-20(3)12-21(4)16-25;1-2-6-10(7-3-1)11-8-4-5-9-12-11;/h5-7,9-16H,1-4H3;1-6,8-9H;/q2*-1;+3. The van der Waals surface area contributed by atoms with Gasteiger partial charge in [0.2, 0.25) is 0 Å². The van der Waals surface area contributed by atoms with Crippen molar-refractivity contribution in [2.24, 2.45) is 0 Å². The molecule has 4 aromatic carbocycles. The van der Waals surface area contributed by atoms with E-state index in [0.717, 1.165) is 22.6 Å². The zero-order valence-corrected chi connectivity index (χ0v) is 25.5. The first-order valence-electron chi connectivity index (χ1n) is 13.0. The normalized spacial score (nSPS) is 10.3. The Hall–Kier alpha value is -4.11. The van der Waals surface area contributed by atoms with E-state index in [2.05, 4.69) is 106 Å². The maximum Gasteiger partial charge on any atom is 3.00 e. The molecule has 0 radical (unpaired) electrons. The minimum absolute atomic E-state index is 0. The van der Waals surface area contributed by atoms with Gasteiger partial charge in [0.15, 0.2) is 0 Å². The second kappa shape index (κ2) is 13.3. The summed E-state index contributed by atoms with van der Waals surface area (Å²) in [7, 11) is 0. The molecule has 40 heavy (non-hydrogen) atoms. The van der Waals surface area contributed by atoms with Crippen molar-refractivity contribution in [2.75, 3.05) is 0 Å². The van der Waals surface area contributed by atoms with Gasteiger partial charge in [0.1, 0.15) is 0 Å². The Morgan fingerprint density at radius 1 is 0.700 bits per heavy atom. The monoisotopic (exact) mass is 698 g/mol. The van der Waals surface area contributed by atoms with Crippen molar-refractivity contribution in [1.29, 1.82) is 0 Å². The van der Waals surface area contributed by atoms with Crippen molar-refractivity contribution < 1.29 is 24.7 Å². The van der Waals surface area contributed by atoms with E-state index >= 15 is 0 Å². The fourth-order valence-electron chi connectivity index (χ4n) is 4.65. The van der Waals surface area contributed by atoms with Gasteiger partial charge in [0.05, 0.1) is 5.69 Å². The molecule has 3 nitrogen and oxygen atoms in total. The van der Waals surface area contributed by atoms with Crippen LogP contribution in [0.1, 0.15) is 22.3 Å². The molecule has 0 N–H and O–H groups in total. The molecule has 0 aliphatic heterocycles. The fraction of sp³-hybridized carbons (Fsp3) is 0.111.